The number of ether oxygens (including phenoxy) is 2. The number of benzene rings is 2. The fraction of sp³-hybridized carbons (Fsp3) is 0.261. The Balaban J connectivity index is 1.26. The van der Waals surface area contributed by atoms with Crippen molar-refractivity contribution in [2.75, 3.05) is 30.0 Å². The Hall–Kier alpha value is -3.39. The number of fused-ring (bicyclic) bond motifs is 1. The number of rotatable bonds is 4. The Morgan fingerprint density at radius 1 is 1.10 bits per heavy atom. The minimum atomic E-state index is -0.405. The second-order valence-electron chi connectivity index (χ2n) is 7.48. The summed E-state index contributed by atoms with van der Waals surface area (Å²) in [4.78, 5) is 31.4. The topological polar surface area (TPSA) is 80.8 Å². The Morgan fingerprint density at radius 2 is 1.90 bits per heavy atom. The number of amides is 2. The summed E-state index contributed by atoms with van der Waals surface area (Å²) in [5.74, 6) is 0.806. The molecule has 5 rings (SSSR count). The van der Waals surface area contributed by atoms with Crippen LogP contribution in [0.5, 0.6) is 11.5 Å². The molecular weight excluding hydrogens is 414 g/mol. The first kappa shape index (κ1) is 19.6. The fourth-order valence-corrected chi connectivity index (χ4v) is 4.46. The van der Waals surface area contributed by atoms with Gasteiger partial charge in [0.25, 0.3) is 0 Å². The summed E-state index contributed by atoms with van der Waals surface area (Å²) in [5, 5.41) is 5.28. The molecule has 3 heterocycles. The number of thiazole rings is 1. The maximum Gasteiger partial charge on any atom is 0.231 e. The molecule has 2 aromatic carbocycles. The third-order valence-electron chi connectivity index (χ3n) is 5.34. The van der Waals surface area contributed by atoms with Gasteiger partial charge in [-0.15, -0.1) is 11.3 Å². The highest BCUT2D eigenvalue weighted by Crippen LogP contribution is 2.35. The average molecular weight is 436 g/mol. The molecule has 31 heavy (non-hydrogen) atoms. The van der Waals surface area contributed by atoms with Gasteiger partial charge in [-0.3, -0.25) is 9.59 Å². The lowest BCUT2D eigenvalue weighted by molar-refractivity contribution is -0.122. The maximum atomic E-state index is 12.8. The molecule has 3 aromatic rings. The third-order valence-corrected chi connectivity index (χ3v) is 6.10. The minimum Gasteiger partial charge on any atom is -0.490 e. The van der Waals surface area contributed by atoms with Crippen molar-refractivity contribution in [1.29, 1.82) is 0 Å². The Morgan fingerprint density at radius 3 is 2.74 bits per heavy atom. The monoisotopic (exact) mass is 435 g/mol. The number of carbonyl (C=O) groups excluding carboxylic acids is 2. The average Bonchev–Trinajstić information content (AvgIpc) is 3.34. The van der Waals surface area contributed by atoms with Crippen LogP contribution in [0.25, 0.3) is 11.3 Å². The lowest BCUT2D eigenvalue weighted by Gasteiger charge is -2.16. The van der Waals surface area contributed by atoms with E-state index in [1.54, 1.807) is 4.90 Å². The predicted octanol–water partition coefficient (Wildman–Crippen LogP) is 3.96. The predicted molar refractivity (Wildman–Crippen MR) is 119 cm³/mol. The van der Waals surface area contributed by atoms with Gasteiger partial charge in [-0.05, 0) is 30.3 Å². The van der Waals surface area contributed by atoms with Gasteiger partial charge in [-0.1, -0.05) is 18.2 Å². The number of anilines is 2. The second kappa shape index (κ2) is 8.39. The van der Waals surface area contributed by atoms with Crippen LogP contribution in [0.2, 0.25) is 0 Å². The number of hydrogen-bond donors (Lipinski definition) is 1. The van der Waals surface area contributed by atoms with Crippen LogP contribution in [0.15, 0.2) is 53.9 Å². The standard InChI is InChI=1S/C23H21N3O4S/c27-21-12-16(13-26(21)17-5-2-1-3-6-17)22(28)25-23-24-18(14-31-23)15-7-8-19-20(11-15)30-10-4-9-29-19/h1-3,5-8,11,14,16H,4,9-10,12-13H2,(H,24,25,28). The van der Waals surface area contributed by atoms with E-state index in [2.05, 4.69) is 10.3 Å². The zero-order valence-corrected chi connectivity index (χ0v) is 17.6. The van der Waals surface area contributed by atoms with Gasteiger partial charge in [0.1, 0.15) is 0 Å². The van der Waals surface area contributed by atoms with Gasteiger partial charge in [0.05, 0.1) is 24.8 Å². The third kappa shape index (κ3) is 4.11. The summed E-state index contributed by atoms with van der Waals surface area (Å²) in [7, 11) is 0. The van der Waals surface area contributed by atoms with Crippen molar-refractivity contribution in [3.8, 4) is 22.8 Å². The van der Waals surface area contributed by atoms with E-state index in [1.165, 1.54) is 11.3 Å². The summed E-state index contributed by atoms with van der Waals surface area (Å²) in [6.07, 6.45) is 1.05. The van der Waals surface area contributed by atoms with Crippen molar-refractivity contribution in [3.05, 3.63) is 53.9 Å². The van der Waals surface area contributed by atoms with Gasteiger partial charge < -0.3 is 19.7 Å². The number of hydrogen-bond acceptors (Lipinski definition) is 6. The number of para-hydroxylation sites is 1. The summed E-state index contributed by atoms with van der Waals surface area (Å²) in [6, 6.07) is 15.1. The second-order valence-corrected chi connectivity index (χ2v) is 8.34. The first-order valence-electron chi connectivity index (χ1n) is 10.2. The van der Waals surface area contributed by atoms with E-state index >= 15 is 0 Å². The molecule has 1 N–H and O–H groups in total. The van der Waals surface area contributed by atoms with Crippen LogP contribution in [-0.4, -0.2) is 36.6 Å². The van der Waals surface area contributed by atoms with Gasteiger partial charge in [0.2, 0.25) is 11.8 Å². The molecule has 2 aliphatic heterocycles. The molecule has 0 bridgehead atoms. The van der Waals surface area contributed by atoms with Crippen molar-refractivity contribution < 1.29 is 19.1 Å². The van der Waals surface area contributed by atoms with E-state index in [1.807, 2.05) is 53.9 Å². The minimum absolute atomic E-state index is 0.0432. The fourth-order valence-electron chi connectivity index (χ4n) is 3.73. The van der Waals surface area contributed by atoms with Gasteiger partial charge in [-0.25, -0.2) is 4.98 Å². The van der Waals surface area contributed by atoms with Crippen LogP contribution in [0.4, 0.5) is 10.8 Å². The SMILES string of the molecule is O=C(Nc1nc(-c2ccc3c(c2)OCCCO3)cs1)C1CC(=O)N(c2ccccc2)C1. The Bertz CT molecular complexity index is 1120. The van der Waals surface area contributed by atoms with Gasteiger partial charge >= 0.3 is 0 Å². The van der Waals surface area contributed by atoms with Crippen molar-refractivity contribution in [3.63, 3.8) is 0 Å². The molecule has 1 atom stereocenters. The van der Waals surface area contributed by atoms with Crippen molar-refractivity contribution in [2.45, 2.75) is 12.8 Å². The van der Waals surface area contributed by atoms with E-state index in [0.717, 1.165) is 29.1 Å². The van der Waals surface area contributed by atoms with E-state index in [9.17, 15) is 9.59 Å². The molecule has 0 radical (unpaired) electrons. The van der Waals surface area contributed by atoms with E-state index in [0.29, 0.717) is 30.6 Å². The molecule has 1 aromatic heterocycles. The van der Waals surface area contributed by atoms with E-state index in [4.69, 9.17) is 9.47 Å². The molecule has 1 saturated heterocycles. The van der Waals surface area contributed by atoms with Crippen LogP contribution in [0.1, 0.15) is 12.8 Å². The highest BCUT2D eigenvalue weighted by atomic mass is 32.1. The zero-order valence-electron chi connectivity index (χ0n) is 16.7. The van der Waals surface area contributed by atoms with E-state index in [-0.39, 0.29) is 18.2 Å². The molecule has 158 valence electrons. The number of carbonyl (C=O) groups is 2. The van der Waals surface area contributed by atoms with Crippen molar-refractivity contribution >= 4 is 34.0 Å². The Kier molecular flexibility index (Phi) is 5.30. The van der Waals surface area contributed by atoms with Crippen molar-refractivity contribution in [2.24, 2.45) is 5.92 Å². The molecular formula is C23H21N3O4S. The largest absolute Gasteiger partial charge is 0.490 e. The van der Waals surface area contributed by atoms with Crippen LogP contribution >= 0.6 is 11.3 Å². The van der Waals surface area contributed by atoms with Crippen molar-refractivity contribution in [1.82, 2.24) is 4.98 Å². The molecule has 2 amide bonds. The lowest BCUT2D eigenvalue weighted by Crippen LogP contribution is -2.28. The van der Waals surface area contributed by atoms with E-state index < -0.39 is 5.92 Å². The van der Waals surface area contributed by atoms with Crippen LogP contribution in [0.3, 0.4) is 0 Å². The highest BCUT2D eigenvalue weighted by Gasteiger charge is 2.35. The molecule has 2 aliphatic rings. The lowest BCUT2D eigenvalue weighted by atomic mass is 10.1. The number of nitrogens with zero attached hydrogens (tertiary/aromatic N) is 2. The summed E-state index contributed by atoms with van der Waals surface area (Å²) in [5.41, 5.74) is 2.46. The summed E-state index contributed by atoms with van der Waals surface area (Å²) in [6.45, 7) is 1.63. The number of nitrogens with one attached hydrogen (secondary N) is 1. The van der Waals surface area contributed by atoms with Gasteiger partial charge in [-0.2, -0.15) is 0 Å². The quantitative estimate of drug-likeness (QED) is 0.671. The zero-order chi connectivity index (χ0) is 21.2. The summed E-state index contributed by atoms with van der Waals surface area (Å²) >= 11 is 1.36. The van der Waals surface area contributed by atoms with Crippen LogP contribution in [-0.2, 0) is 9.59 Å². The maximum absolute atomic E-state index is 12.8. The number of aromatic nitrogens is 1. The molecule has 0 spiro atoms. The first-order valence-corrected chi connectivity index (χ1v) is 11.1. The molecule has 0 saturated carbocycles. The van der Waals surface area contributed by atoms with Gasteiger partial charge in [0, 0.05) is 36.0 Å². The molecule has 7 nitrogen and oxygen atoms in total. The van der Waals surface area contributed by atoms with Gasteiger partial charge in [0.15, 0.2) is 16.6 Å². The molecule has 1 fully saturated rings. The van der Waals surface area contributed by atoms with Crippen LogP contribution < -0.4 is 19.7 Å². The molecule has 0 aliphatic carbocycles. The molecule has 1 unspecified atom stereocenters. The first-order chi connectivity index (χ1) is 15.2. The normalized spacial score (nSPS) is 18.0. The van der Waals surface area contributed by atoms with Crippen LogP contribution in [0, 0.1) is 5.92 Å². The molecule has 8 heteroatoms. The Labute approximate surface area is 183 Å². The smallest absolute Gasteiger partial charge is 0.231 e. The summed E-state index contributed by atoms with van der Waals surface area (Å²) < 4.78 is 11.4. The highest BCUT2D eigenvalue weighted by molar-refractivity contribution is 7.14.